The lowest BCUT2D eigenvalue weighted by Gasteiger charge is -2.28. The van der Waals surface area contributed by atoms with Crippen LogP contribution in [0.1, 0.15) is 76.3 Å². The second kappa shape index (κ2) is 25.6. The number of nitrogens with one attached hydrogen (secondary N) is 5. The zero-order chi connectivity index (χ0) is 46.6. The number of phenols is 2. The highest BCUT2D eigenvalue weighted by molar-refractivity contribution is 5.96. The smallest absolute Gasteiger partial charge is 0.328 e. The Bertz CT molecular complexity index is 1880. The van der Waals surface area contributed by atoms with Crippen molar-refractivity contribution in [2.24, 2.45) is 23.1 Å². The minimum absolute atomic E-state index is 0.000266. The number of benzene rings is 2. The van der Waals surface area contributed by atoms with Gasteiger partial charge in [0.25, 0.3) is 0 Å². The Kier molecular flexibility index (Phi) is 20.8. The SMILES string of the molecule is COC(=O)[C@H](Cc1ccc(O)cc1)NC(=O)[C@H](CCC(N)=O)NC(=O)[C@H]1CCCN1C(=O)CNC(=O)[C@H](CC(C)C)NC(=O)[C@H](Cc1ccc(O)cc1)NC(=O)[C@@H](N)CCCCN. The number of aromatic hydroxyl groups is 2. The van der Waals surface area contributed by atoms with Crippen molar-refractivity contribution < 1.29 is 53.3 Å². The van der Waals surface area contributed by atoms with Crippen molar-refractivity contribution in [3.05, 3.63) is 59.7 Å². The summed E-state index contributed by atoms with van der Waals surface area (Å²) in [5, 5.41) is 32.5. The third-order valence-electron chi connectivity index (χ3n) is 10.4. The molecule has 0 spiro atoms. The Morgan fingerprint density at radius 1 is 0.746 bits per heavy atom. The summed E-state index contributed by atoms with van der Waals surface area (Å²) in [4.78, 5) is 107. The summed E-state index contributed by atoms with van der Waals surface area (Å²) in [5.74, 6) is -5.68. The van der Waals surface area contributed by atoms with Gasteiger partial charge in [-0.1, -0.05) is 44.5 Å². The molecule has 1 saturated heterocycles. The third-order valence-corrected chi connectivity index (χ3v) is 10.4. The van der Waals surface area contributed by atoms with Crippen molar-refractivity contribution in [1.82, 2.24) is 31.5 Å². The fourth-order valence-electron chi connectivity index (χ4n) is 6.99. The topological polar surface area (TPSA) is 328 Å². The zero-order valence-corrected chi connectivity index (χ0v) is 36.1. The van der Waals surface area contributed by atoms with E-state index in [2.05, 4.69) is 26.6 Å². The minimum atomic E-state index is -1.34. The molecule has 1 aliphatic heterocycles. The van der Waals surface area contributed by atoms with Gasteiger partial charge in [0.2, 0.25) is 41.4 Å². The maximum absolute atomic E-state index is 13.8. The van der Waals surface area contributed by atoms with Crippen molar-refractivity contribution >= 4 is 47.3 Å². The number of rotatable bonds is 25. The van der Waals surface area contributed by atoms with Gasteiger partial charge in [0.05, 0.1) is 19.7 Å². The number of unbranched alkanes of at least 4 members (excludes halogenated alkanes) is 1. The Morgan fingerprint density at radius 3 is 1.86 bits per heavy atom. The van der Waals surface area contributed by atoms with E-state index in [9.17, 15) is 48.6 Å². The molecular formula is C43H63N9O11. The third kappa shape index (κ3) is 17.2. The first-order chi connectivity index (χ1) is 29.9. The largest absolute Gasteiger partial charge is 0.508 e. The number of hydrogen-bond donors (Lipinski definition) is 10. The molecule has 0 bridgehead atoms. The second-order valence-corrected chi connectivity index (χ2v) is 16.0. The number of nitrogens with zero attached hydrogens (tertiary/aromatic N) is 1. The Morgan fingerprint density at radius 2 is 1.30 bits per heavy atom. The van der Waals surface area contributed by atoms with E-state index in [0.717, 1.165) is 7.11 Å². The van der Waals surface area contributed by atoms with Crippen molar-refractivity contribution in [3.8, 4) is 11.5 Å². The first kappa shape index (κ1) is 51.1. The lowest BCUT2D eigenvalue weighted by atomic mass is 10.0. The number of phenolic OH excluding ortho intramolecular Hbond substituents is 2. The fourth-order valence-corrected chi connectivity index (χ4v) is 6.99. The summed E-state index contributed by atoms with van der Waals surface area (Å²) in [6.07, 6.45) is 1.90. The zero-order valence-electron chi connectivity index (χ0n) is 36.1. The summed E-state index contributed by atoms with van der Waals surface area (Å²) >= 11 is 0. The molecule has 2 aromatic rings. The molecule has 1 heterocycles. The summed E-state index contributed by atoms with van der Waals surface area (Å²) < 4.78 is 4.86. The van der Waals surface area contributed by atoms with Crippen LogP contribution in [0.4, 0.5) is 0 Å². The average Bonchev–Trinajstić information content (AvgIpc) is 3.75. The predicted octanol–water partition coefficient (Wildman–Crippen LogP) is -1.13. The molecule has 63 heavy (non-hydrogen) atoms. The van der Waals surface area contributed by atoms with E-state index in [1.165, 1.54) is 29.2 Å². The number of hydrogen-bond acceptors (Lipinski definition) is 13. The van der Waals surface area contributed by atoms with Crippen LogP contribution >= 0.6 is 0 Å². The number of primary amides is 1. The fraction of sp³-hybridized carbons (Fsp3) is 0.535. The van der Waals surface area contributed by atoms with E-state index in [1.807, 2.05) is 13.8 Å². The molecule has 0 aromatic heterocycles. The van der Waals surface area contributed by atoms with Gasteiger partial charge < -0.3 is 63.6 Å². The highest BCUT2D eigenvalue weighted by Gasteiger charge is 2.37. The molecule has 0 radical (unpaired) electrons. The lowest BCUT2D eigenvalue weighted by Crippen LogP contribution is -2.58. The molecule has 0 aliphatic carbocycles. The van der Waals surface area contributed by atoms with E-state index in [1.54, 1.807) is 24.3 Å². The summed E-state index contributed by atoms with van der Waals surface area (Å²) in [6.45, 7) is 3.72. The van der Waals surface area contributed by atoms with Gasteiger partial charge in [-0.15, -0.1) is 0 Å². The first-order valence-electron chi connectivity index (χ1n) is 21.1. The van der Waals surface area contributed by atoms with Gasteiger partial charge in [-0.3, -0.25) is 33.6 Å². The number of esters is 1. The van der Waals surface area contributed by atoms with Crippen LogP contribution in [-0.4, -0.2) is 125 Å². The van der Waals surface area contributed by atoms with Crippen molar-refractivity contribution in [2.45, 2.75) is 114 Å². The molecule has 346 valence electrons. The van der Waals surface area contributed by atoms with E-state index in [4.69, 9.17) is 21.9 Å². The number of nitrogens with two attached hydrogens (primary N) is 3. The molecule has 20 nitrogen and oxygen atoms in total. The van der Waals surface area contributed by atoms with Gasteiger partial charge in [0.1, 0.15) is 41.7 Å². The minimum Gasteiger partial charge on any atom is -0.508 e. The predicted molar refractivity (Wildman–Crippen MR) is 230 cm³/mol. The van der Waals surface area contributed by atoms with Crippen LogP contribution in [0.25, 0.3) is 0 Å². The molecule has 1 aliphatic rings. The highest BCUT2D eigenvalue weighted by Crippen LogP contribution is 2.19. The molecule has 0 saturated carbocycles. The maximum Gasteiger partial charge on any atom is 0.328 e. The maximum atomic E-state index is 13.8. The van der Waals surface area contributed by atoms with Crippen LogP contribution < -0.4 is 43.8 Å². The van der Waals surface area contributed by atoms with E-state index in [-0.39, 0.29) is 62.5 Å². The Hall–Kier alpha value is -6.28. The number of methoxy groups -OCH3 is 1. The second-order valence-electron chi connectivity index (χ2n) is 16.0. The molecule has 6 atom stereocenters. The normalized spacial score (nSPS) is 15.8. The van der Waals surface area contributed by atoms with E-state index < -0.39 is 90.1 Å². The van der Waals surface area contributed by atoms with Crippen LogP contribution in [-0.2, 0) is 55.9 Å². The number of ether oxygens (including phenoxy) is 1. The molecule has 0 unspecified atom stereocenters. The highest BCUT2D eigenvalue weighted by atomic mass is 16.5. The standard InChI is InChI=1S/C43H63N9O11/c1-25(2)21-32(50-41(60)33(22-26-9-13-28(53)14-10-26)49-38(57)30(45)7-4-5-19-44)39(58)47-24-37(56)52-20-6-8-35(52)42(61)48-31(17-18-36(46)55)40(59)51-34(43(62)63-3)23-27-11-15-29(54)16-12-27/h9-16,25,30-35,53-54H,4-8,17-24,44-45H2,1-3H3,(H2,46,55)(H,47,58)(H,48,61)(H,49,57)(H,50,60)(H,51,59)/t30-,31-,32-,33-,34-,35+/m0/s1. The molecular weight excluding hydrogens is 819 g/mol. The van der Waals surface area contributed by atoms with Crippen LogP contribution in [0.5, 0.6) is 11.5 Å². The summed E-state index contributed by atoms with van der Waals surface area (Å²) in [7, 11) is 1.14. The quantitative estimate of drug-likeness (QED) is 0.0418. The summed E-state index contributed by atoms with van der Waals surface area (Å²) in [6, 6.07) is 5.21. The van der Waals surface area contributed by atoms with Gasteiger partial charge in [0, 0.05) is 25.8 Å². The Labute approximate surface area is 366 Å². The van der Waals surface area contributed by atoms with Gasteiger partial charge in [-0.25, -0.2) is 4.79 Å². The van der Waals surface area contributed by atoms with Crippen LogP contribution in [0.3, 0.4) is 0 Å². The van der Waals surface area contributed by atoms with Gasteiger partial charge >= 0.3 is 5.97 Å². The van der Waals surface area contributed by atoms with Crippen LogP contribution in [0.2, 0.25) is 0 Å². The van der Waals surface area contributed by atoms with Gasteiger partial charge in [0.15, 0.2) is 0 Å². The molecule has 13 N–H and O–H groups in total. The van der Waals surface area contributed by atoms with E-state index in [0.29, 0.717) is 43.4 Å². The molecule has 3 rings (SSSR count). The number of carbonyl (C=O) groups is 8. The number of likely N-dealkylation sites (tertiary alicyclic amines) is 1. The molecule has 2 aromatic carbocycles. The molecule has 1 fully saturated rings. The van der Waals surface area contributed by atoms with Crippen molar-refractivity contribution in [3.63, 3.8) is 0 Å². The molecule has 7 amide bonds. The number of amides is 7. The first-order valence-corrected chi connectivity index (χ1v) is 21.1. The molecule has 20 heteroatoms. The summed E-state index contributed by atoms with van der Waals surface area (Å²) in [5.41, 5.74) is 18.2. The van der Waals surface area contributed by atoms with Gasteiger partial charge in [-0.2, -0.15) is 0 Å². The monoisotopic (exact) mass is 881 g/mol. The van der Waals surface area contributed by atoms with E-state index >= 15 is 0 Å². The average molecular weight is 882 g/mol. The van der Waals surface area contributed by atoms with Crippen LogP contribution in [0, 0.1) is 5.92 Å². The Balaban J connectivity index is 1.70. The van der Waals surface area contributed by atoms with Crippen LogP contribution in [0.15, 0.2) is 48.5 Å². The number of carbonyl (C=O) groups excluding carboxylic acids is 8. The van der Waals surface area contributed by atoms with Gasteiger partial charge in [-0.05, 0) is 86.4 Å². The van der Waals surface area contributed by atoms with Crippen molar-refractivity contribution in [1.29, 1.82) is 0 Å². The van der Waals surface area contributed by atoms with Crippen molar-refractivity contribution in [2.75, 3.05) is 26.7 Å². The lowest BCUT2D eigenvalue weighted by molar-refractivity contribution is -0.145.